The number of aliphatic hydroxyl groups excluding tert-OH is 1. The van der Waals surface area contributed by atoms with Crippen molar-refractivity contribution >= 4 is 22.7 Å². The number of nitrogens with one attached hydrogen (secondary N) is 2. The quantitative estimate of drug-likeness (QED) is 0.594. The van der Waals surface area contributed by atoms with Gasteiger partial charge in [0.25, 0.3) is 0 Å². The standard InChI is InChI=1S/C21H23N5O3/c27-19-5-6-26(21(29)9-15-11-23-24-12-15)13-18(19)25-20(28)8-14-7-16-3-1-2-4-17(16)22-10-14/h1-4,7,10-12,18-19,27H,5-6,8-9,13H2,(H,23,24)(H,25,28)/t18-,19-/m1/s1. The Morgan fingerprint density at radius 2 is 2.07 bits per heavy atom. The maximum Gasteiger partial charge on any atom is 0.227 e. The van der Waals surface area contributed by atoms with Gasteiger partial charge in [-0.3, -0.25) is 19.7 Å². The van der Waals surface area contributed by atoms with Crippen LogP contribution in [0.5, 0.6) is 0 Å². The van der Waals surface area contributed by atoms with Crippen LogP contribution in [0.3, 0.4) is 0 Å². The van der Waals surface area contributed by atoms with Gasteiger partial charge in [0.15, 0.2) is 0 Å². The third kappa shape index (κ3) is 4.60. The molecule has 2 atom stereocenters. The smallest absolute Gasteiger partial charge is 0.227 e. The highest BCUT2D eigenvalue weighted by Crippen LogP contribution is 2.15. The first-order valence-corrected chi connectivity index (χ1v) is 9.65. The average Bonchev–Trinajstić information content (AvgIpc) is 3.22. The molecule has 1 fully saturated rings. The van der Waals surface area contributed by atoms with Gasteiger partial charge in [-0.25, -0.2) is 0 Å². The predicted molar refractivity (Wildman–Crippen MR) is 107 cm³/mol. The number of nitrogens with zero attached hydrogens (tertiary/aromatic N) is 3. The molecule has 0 spiro atoms. The highest BCUT2D eigenvalue weighted by molar-refractivity contribution is 5.83. The second-order valence-corrected chi connectivity index (χ2v) is 7.37. The Hall–Kier alpha value is -3.26. The van der Waals surface area contributed by atoms with E-state index >= 15 is 0 Å². The number of hydrogen-bond acceptors (Lipinski definition) is 5. The van der Waals surface area contributed by atoms with Gasteiger partial charge in [-0.1, -0.05) is 18.2 Å². The fourth-order valence-corrected chi connectivity index (χ4v) is 3.63. The number of benzene rings is 1. The van der Waals surface area contributed by atoms with Gasteiger partial charge in [0.1, 0.15) is 0 Å². The lowest BCUT2D eigenvalue weighted by atomic mass is 10.0. The Morgan fingerprint density at radius 1 is 1.21 bits per heavy atom. The Kier molecular flexibility index (Phi) is 5.53. The largest absolute Gasteiger partial charge is 0.391 e. The van der Waals surface area contributed by atoms with E-state index in [1.165, 1.54) is 0 Å². The summed E-state index contributed by atoms with van der Waals surface area (Å²) in [6.07, 6.45) is 5.17. The van der Waals surface area contributed by atoms with Crippen LogP contribution in [-0.4, -0.2) is 62.2 Å². The molecule has 2 aromatic heterocycles. The second kappa shape index (κ2) is 8.40. The Morgan fingerprint density at radius 3 is 2.90 bits per heavy atom. The molecular weight excluding hydrogens is 370 g/mol. The molecule has 1 saturated heterocycles. The molecule has 3 heterocycles. The van der Waals surface area contributed by atoms with Gasteiger partial charge in [-0.2, -0.15) is 5.10 Å². The van der Waals surface area contributed by atoms with Crippen molar-refractivity contribution in [2.45, 2.75) is 31.4 Å². The number of rotatable bonds is 5. The number of carbonyl (C=O) groups is 2. The number of fused-ring (bicyclic) bond motifs is 1. The lowest BCUT2D eigenvalue weighted by molar-refractivity contribution is -0.135. The highest BCUT2D eigenvalue weighted by atomic mass is 16.3. The van der Waals surface area contributed by atoms with Crippen molar-refractivity contribution in [3.63, 3.8) is 0 Å². The Bertz CT molecular complexity index is 1000. The number of piperidine rings is 1. The minimum atomic E-state index is -0.674. The van der Waals surface area contributed by atoms with E-state index in [-0.39, 0.29) is 24.7 Å². The third-order valence-electron chi connectivity index (χ3n) is 5.20. The van der Waals surface area contributed by atoms with E-state index in [0.717, 1.165) is 22.0 Å². The van der Waals surface area contributed by atoms with Crippen LogP contribution in [-0.2, 0) is 22.4 Å². The first kappa shape index (κ1) is 19.1. The number of H-pyrrole nitrogens is 1. The van der Waals surface area contributed by atoms with E-state index in [4.69, 9.17) is 0 Å². The summed E-state index contributed by atoms with van der Waals surface area (Å²) in [5.74, 6) is -0.244. The van der Waals surface area contributed by atoms with Gasteiger partial charge in [-0.15, -0.1) is 0 Å². The van der Waals surface area contributed by atoms with Gasteiger partial charge in [-0.05, 0) is 29.7 Å². The van der Waals surface area contributed by atoms with Gasteiger partial charge < -0.3 is 15.3 Å². The number of aliphatic hydroxyl groups is 1. The van der Waals surface area contributed by atoms with Crippen LogP contribution in [0, 0.1) is 0 Å². The summed E-state index contributed by atoms with van der Waals surface area (Å²) < 4.78 is 0. The zero-order valence-corrected chi connectivity index (χ0v) is 15.9. The van der Waals surface area contributed by atoms with Crippen LogP contribution in [0.25, 0.3) is 10.9 Å². The highest BCUT2D eigenvalue weighted by Gasteiger charge is 2.31. The molecule has 0 saturated carbocycles. The molecule has 150 valence electrons. The molecule has 1 aromatic carbocycles. The van der Waals surface area contributed by atoms with E-state index < -0.39 is 12.1 Å². The zero-order valence-electron chi connectivity index (χ0n) is 15.9. The van der Waals surface area contributed by atoms with Gasteiger partial charge in [0, 0.05) is 30.9 Å². The minimum absolute atomic E-state index is 0.0451. The summed E-state index contributed by atoms with van der Waals surface area (Å²) in [7, 11) is 0. The van der Waals surface area contributed by atoms with Crippen LogP contribution >= 0.6 is 0 Å². The monoisotopic (exact) mass is 393 g/mol. The summed E-state index contributed by atoms with van der Waals surface area (Å²) in [5, 5.41) is 20.7. The molecule has 0 aliphatic carbocycles. The molecule has 2 amide bonds. The number of amides is 2. The van der Waals surface area contributed by atoms with Crippen molar-refractivity contribution in [3.8, 4) is 0 Å². The average molecular weight is 393 g/mol. The van der Waals surface area contributed by atoms with Crippen molar-refractivity contribution in [3.05, 3.63) is 60.0 Å². The van der Waals surface area contributed by atoms with Crippen molar-refractivity contribution < 1.29 is 14.7 Å². The van der Waals surface area contributed by atoms with Gasteiger partial charge in [0.2, 0.25) is 11.8 Å². The minimum Gasteiger partial charge on any atom is -0.391 e. The van der Waals surface area contributed by atoms with Gasteiger partial charge in [0.05, 0.1) is 36.7 Å². The van der Waals surface area contributed by atoms with Crippen LogP contribution in [0.4, 0.5) is 0 Å². The van der Waals surface area contributed by atoms with Crippen LogP contribution in [0.1, 0.15) is 17.5 Å². The van der Waals surface area contributed by atoms with E-state index in [1.54, 1.807) is 23.5 Å². The van der Waals surface area contributed by atoms with E-state index in [2.05, 4.69) is 20.5 Å². The number of aromatic amines is 1. The lowest BCUT2D eigenvalue weighted by Crippen LogP contribution is -2.56. The first-order chi connectivity index (χ1) is 14.1. The normalized spacial score (nSPS) is 19.3. The molecular formula is C21H23N5O3. The van der Waals surface area contributed by atoms with Crippen LogP contribution < -0.4 is 5.32 Å². The fraction of sp³-hybridized carbons (Fsp3) is 0.333. The summed E-state index contributed by atoms with van der Waals surface area (Å²) in [6, 6.07) is 9.19. The number of para-hydroxylation sites is 1. The number of carbonyl (C=O) groups excluding carboxylic acids is 2. The zero-order chi connectivity index (χ0) is 20.2. The molecule has 1 aliphatic rings. The maximum atomic E-state index is 12.5. The molecule has 8 heteroatoms. The summed E-state index contributed by atoms with van der Waals surface area (Å²) in [6.45, 7) is 0.762. The van der Waals surface area contributed by atoms with Crippen molar-refractivity contribution in [1.82, 2.24) is 25.4 Å². The Labute approximate surface area is 167 Å². The number of pyridine rings is 1. The molecule has 0 radical (unpaired) electrons. The lowest BCUT2D eigenvalue weighted by Gasteiger charge is -2.36. The van der Waals surface area contributed by atoms with Crippen LogP contribution in [0.2, 0.25) is 0 Å². The summed E-state index contributed by atoms with van der Waals surface area (Å²) in [4.78, 5) is 31.1. The molecule has 3 N–H and O–H groups in total. The molecule has 1 aliphatic heterocycles. The van der Waals surface area contributed by atoms with E-state index in [1.807, 2.05) is 30.3 Å². The summed E-state index contributed by atoms with van der Waals surface area (Å²) >= 11 is 0. The molecule has 0 unspecified atom stereocenters. The third-order valence-corrected chi connectivity index (χ3v) is 5.20. The molecule has 8 nitrogen and oxygen atoms in total. The number of hydrogen-bond donors (Lipinski definition) is 3. The molecule has 4 rings (SSSR count). The molecule has 0 bridgehead atoms. The topological polar surface area (TPSA) is 111 Å². The predicted octanol–water partition coefficient (Wildman–Crippen LogP) is 0.821. The van der Waals surface area contributed by atoms with Gasteiger partial charge >= 0.3 is 0 Å². The first-order valence-electron chi connectivity index (χ1n) is 9.65. The van der Waals surface area contributed by atoms with Crippen molar-refractivity contribution in [1.29, 1.82) is 0 Å². The van der Waals surface area contributed by atoms with E-state index in [9.17, 15) is 14.7 Å². The summed E-state index contributed by atoms with van der Waals surface area (Å²) in [5.41, 5.74) is 2.50. The second-order valence-electron chi connectivity index (χ2n) is 7.37. The fourth-order valence-electron chi connectivity index (χ4n) is 3.63. The number of likely N-dealkylation sites (tertiary alicyclic amines) is 1. The maximum absolute atomic E-state index is 12.5. The van der Waals surface area contributed by atoms with Crippen LogP contribution in [0.15, 0.2) is 48.9 Å². The SMILES string of the molecule is O=C(Cc1cnc2ccccc2c1)N[C@@H]1CN(C(=O)Cc2cn[nH]c2)CC[C@H]1O. The number of aromatic nitrogens is 3. The molecule has 29 heavy (non-hydrogen) atoms. The van der Waals surface area contributed by atoms with Crippen molar-refractivity contribution in [2.75, 3.05) is 13.1 Å². The van der Waals surface area contributed by atoms with Crippen molar-refractivity contribution in [2.24, 2.45) is 0 Å². The molecule has 3 aromatic rings. The van der Waals surface area contributed by atoms with E-state index in [0.29, 0.717) is 19.5 Å². The Balaban J connectivity index is 1.36.